The van der Waals surface area contributed by atoms with Crippen LogP contribution >= 0.6 is 0 Å². The van der Waals surface area contributed by atoms with Crippen molar-refractivity contribution in [2.75, 3.05) is 21.3 Å². The first-order valence-electron chi connectivity index (χ1n) is 8.60. The van der Waals surface area contributed by atoms with Gasteiger partial charge in [-0.25, -0.2) is 4.99 Å². The van der Waals surface area contributed by atoms with Crippen molar-refractivity contribution in [1.29, 1.82) is 0 Å². The molecule has 1 aliphatic rings. The molecule has 6 nitrogen and oxygen atoms in total. The molecule has 6 heteroatoms. The van der Waals surface area contributed by atoms with Gasteiger partial charge in [-0.05, 0) is 54.0 Å². The van der Waals surface area contributed by atoms with Gasteiger partial charge in [-0.15, -0.1) is 0 Å². The number of benzene rings is 2. The van der Waals surface area contributed by atoms with Gasteiger partial charge < -0.3 is 19.5 Å². The van der Waals surface area contributed by atoms with E-state index < -0.39 is 0 Å². The third kappa shape index (κ3) is 3.79. The number of rotatable bonds is 6. The van der Waals surface area contributed by atoms with E-state index in [-0.39, 0.29) is 5.91 Å². The Balaban J connectivity index is 1.93. The van der Waals surface area contributed by atoms with Crippen molar-refractivity contribution in [2.24, 2.45) is 4.99 Å². The minimum atomic E-state index is -0.242. The number of hydrogen-bond donors (Lipinski definition) is 1. The Labute approximate surface area is 158 Å². The van der Waals surface area contributed by atoms with Crippen LogP contribution in [-0.4, -0.2) is 33.1 Å². The maximum Gasteiger partial charge on any atom is 0.275 e. The molecule has 0 atom stereocenters. The Morgan fingerprint density at radius 1 is 0.963 bits per heavy atom. The van der Waals surface area contributed by atoms with Crippen LogP contribution in [0.2, 0.25) is 0 Å². The second kappa shape index (κ2) is 7.95. The molecular formula is C21H22N2O4. The van der Waals surface area contributed by atoms with Crippen molar-refractivity contribution in [3.63, 3.8) is 0 Å². The molecule has 1 aliphatic heterocycles. The summed E-state index contributed by atoms with van der Waals surface area (Å²) in [6.45, 7) is 2.06. The lowest BCUT2D eigenvalue weighted by Gasteiger charge is -2.09. The highest BCUT2D eigenvalue weighted by Crippen LogP contribution is 2.29. The van der Waals surface area contributed by atoms with Crippen molar-refractivity contribution in [2.45, 2.75) is 13.3 Å². The van der Waals surface area contributed by atoms with Gasteiger partial charge in [-0.3, -0.25) is 4.79 Å². The van der Waals surface area contributed by atoms with Gasteiger partial charge in [0.1, 0.15) is 17.3 Å². The molecule has 0 aromatic heterocycles. The van der Waals surface area contributed by atoms with Crippen molar-refractivity contribution in [3.05, 3.63) is 58.8 Å². The average molecular weight is 366 g/mol. The largest absolute Gasteiger partial charge is 0.496 e. The lowest BCUT2D eigenvalue weighted by atomic mass is 10.1. The van der Waals surface area contributed by atoms with E-state index in [1.165, 1.54) is 0 Å². The average Bonchev–Trinajstić information content (AvgIpc) is 3.07. The van der Waals surface area contributed by atoms with Crippen LogP contribution in [0, 0.1) is 0 Å². The van der Waals surface area contributed by atoms with Gasteiger partial charge in [0.2, 0.25) is 0 Å². The van der Waals surface area contributed by atoms with Crippen LogP contribution in [0.3, 0.4) is 0 Å². The van der Waals surface area contributed by atoms with Crippen LogP contribution in [0.25, 0.3) is 6.08 Å². The summed E-state index contributed by atoms with van der Waals surface area (Å²) < 4.78 is 15.9. The maximum absolute atomic E-state index is 12.3. The summed E-state index contributed by atoms with van der Waals surface area (Å²) >= 11 is 0. The molecule has 1 heterocycles. The summed E-state index contributed by atoms with van der Waals surface area (Å²) in [5, 5.41) is 2.80. The second-order valence-electron chi connectivity index (χ2n) is 5.94. The number of nitrogens with zero attached hydrogens (tertiary/aromatic N) is 1. The van der Waals surface area contributed by atoms with Crippen molar-refractivity contribution < 1.29 is 19.0 Å². The number of carbonyl (C=O) groups excluding carboxylic acids is 1. The molecule has 0 unspecified atom stereocenters. The van der Waals surface area contributed by atoms with Crippen LogP contribution in [0.15, 0.2) is 47.1 Å². The number of aliphatic imine (C=N–C) groups is 1. The first-order valence-corrected chi connectivity index (χ1v) is 8.60. The molecule has 0 fully saturated rings. The van der Waals surface area contributed by atoms with Gasteiger partial charge in [0.05, 0.1) is 21.3 Å². The highest BCUT2D eigenvalue weighted by atomic mass is 16.5. The molecule has 0 radical (unpaired) electrons. The van der Waals surface area contributed by atoms with E-state index in [1.807, 2.05) is 24.3 Å². The summed E-state index contributed by atoms with van der Waals surface area (Å²) in [7, 11) is 4.79. The predicted molar refractivity (Wildman–Crippen MR) is 105 cm³/mol. The molecule has 3 rings (SSSR count). The van der Waals surface area contributed by atoms with E-state index in [0.29, 0.717) is 23.0 Å². The van der Waals surface area contributed by atoms with E-state index in [2.05, 4.69) is 17.2 Å². The molecular weight excluding hydrogens is 344 g/mol. The SMILES string of the molecule is CCc1cc(/C=C2/N=C(c3ccc(OC)c(OC)c3)NC2=O)ccc1OC. The van der Waals surface area contributed by atoms with Crippen LogP contribution in [0.4, 0.5) is 0 Å². The summed E-state index contributed by atoms with van der Waals surface area (Å²) in [6.07, 6.45) is 2.61. The number of methoxy groups -OCH3 is 3. The predicted octanol–water partition coefficient (Wildman–Crippen LogP) is 3.19. The number of nitrogens with one attached hydrogen (secondary N) is 1. The summed E-state index contributed by atoms with van der Waals surface area (Å²) in [6, 6.07) is 11.2. The fraction of sp³-hybridized carbons (Fsp3) is 0.238. The normalized spacial score (nSPS) is 14.7. The highest BCUT2D eigenvalue weighted by molar-refractivity contribution is 6.19. The van der Waals surface area contributed by atoms with Crippen molar-refractivity contribution in [1.82, 2.24) is 5.32 Å². The molecule has 1 N–H and O–H groups in total. The summed E-state index contributed by atoms with van der Waals surface area (Å²) in [5.41, 5.74) is 3.07. The third-order valence-corrected chi connectivity index (χ3v) is 4.34. The molecule has 2 aromatic carbocycles. The zero-order valence-corrected chi connectivity index (χ0v) is 15.8. The molecule has 0 spiro atoms. The van der Waals surface area contributed by atoms with Gasteiger partial charge in [-0.1, -0.05) is 13.0 Å². The molecule has 0 saturated heterocycles. The lowest BCUT2D eigenvalue weighted by molar-refractivity contribution is -0.115. The topological polar surface area (TPSA) is 69.2 Å². The minimum absolute atomic E-state index is 0.242. The fourth-order valence-electron chi connectivity index (χ4n) is 2.91. The first kappa shape index (κ1) is 18.5. The van der Waals surface area contributed by atoms with Gasteiger partial charge >= 0.3 is 0 Å². The quantitative estimate of drug-likeness (QED) is 0.797. The van der Waals surface area contributed by atoms with Crippen LogP contribution in [0.1, 0.15) is 23.6 Å². The summed E-state index contributed by atoms with van der Waals surface area (Å²) in [5.74, 6) is 2.27. The third-order valence-electron chi connectivity index (χ3n) is 4.34. The van der Waals surface area contributed by atoms with Gasteiger partial charge in [0.15, 0.2) is 11.5 Å². The zero-order chi connectivity index (χ0) is 19.4. The number of ether oxygens (including phenoxy) is 3. The molecule has 140 valence electrons. The molecule has 27 heavy (non-hydrogen) atoms. The highest BCUT2D eigenvalue weighted by Gasteiger charge is 2.22. The number of hydrogen-bond acceptors (Lipinski definition) is 5. The molecule has 2 aromatic rings. The Bertz CT molecular complexity index is 932. The van der Waals surface area contributed by atoms with E-state index in [9.17, 15) is 4.79 Å². The standard InChI is InChI=1S/C21H22N2O4/c1-5-14-10-13(6-8-17(14)25-2)11-16-21(24)23-20(22-16)15-7-9-18(26-3)19(12-15)27-4/h6-12H,5H2,1-4H3,(H,22,23,24)/b16-11+. The number of amidine groups is 1. The van der Waals surface area contributed by atoms with E-state index in [0.717, 1.165) is 28.9 Å². The first-order chi connectivity index (χ1) is 13.1. The molecule has 0 aliphatic carbocycles. The van der Waals surface area contributed by atoms with E-state index >= 15 is 0 Å². The molecule has 0 bridgehead atoms. The number of amides is 1. The zero-order valence-electron chi connectivity index (χ0n) is 15.8. The Kier molecular flexibility index (Phi) is 5.45. The van der Waals surface area contributed by atoms with Crippen molar-refractivity contribution in [3.8, 4) is 17.2 Å². The van der Waals surface area contributed by atoms with Gasteiger partial charge in [-0.2, -0.15) is 0 Å². The number of aryl methyl sites for hydroxylation is 1. The lowest BCUT2D eigenvalue weighted by Crippen LogP contribution is -2.24. The van der Waals surface area contributed by atoms with Gasteiger partial charge in [0.25, 0.3) is 5.91 Å². The Morgan fingerprint density at radius 3 is 2.33 bits per heavy atom. The Morgan fingerprint density at radius 2 is 1.67 bits per heavy atom. The fourth-order valence-corrected chi connectivity index (χ4v) is 2.91. The van der Waals surface area contributed by atoms with E-state index in [4.69, 9.17) is 14.2 Å². The van der Waals surface area contributed by atoms with Crippen LogP contribution < -0.4 is 19.5 Å². The monoisotopic (exact) mass is 366 g/mol. The smallest absolute Gasteiger partial charge is 0.275 e. The van der Waals surface area contributed by atoms with E-state index in [1.54, 1.807) is 39.5 Å². The maximum atomic E-state index is 12.3. The van der Waals surface area contributed by atoms with Crippen LogP contribution in [-0.2, 0) is 11.2 Å². The van der Waals surface area contributed by atoms with Gasteiger partial charge in [0, 0.05) is 5.56 Å². The second-order valence-corrected chi connectivity index (χ2v) is 5.94. The Hall–Kier alpha value is -3.28. The molecule has 1 amide bonds. The number of carbonyl (C=O) groups is 1. The summed E-state index contributed by atoms with van der Waals surface area (Å²) in [4.78, 5) is 16.8. The minimum Gasteiger partial charge on any atom is -0.496 e. The van der Waals surface area contributed by atoms with Crippen LogP contribution in [0.5, 0.6) is 17.2 Å². The van der Waals surface area contributed by atoms with Crippen molar-refractivity contribution >= 4 is 17.8 Å². The molecule has 0 saturated carbocycles.